The van der Waals surface area contributed by atoms with Crippen LogP contribution in [0.4, 0.5) is 0 Å². The second-order valence-electron chi connectivity index (χ2n) is 9.82. The van der Waals surface area contributed by atoms with E-state index in [2.05, 4.69) is 90.1 Å². The van der Waals surface area contributed by atoms with Gasteiger partial charge in [0.05, 0.1) is 0 Å². The van der Waals surface area contributed by atoms with E-state index in [0.717, 1.165) is 0 Å². The summed E-state index contributed by atoms with van der Waals surface area (Å²) < 4.78 is 0. The van der Waals surface area contributed by atoms with Crippen LogP contribution in [-0.2, 0) is 0 Å². The second kappa shape index (κ2) is 8.11. The third-order valence-electron chi connectivity index (χ3n) is 7.17. The van der Waals surface area contributed by atoms with Gasteiger partial charge in [-0.05, 0) is 59.1 Å². The number of allylic oxidation sites excluding steroid dienone is 2. The van der Waals surface area contributed by atoms with Gasteiger partial charge in [-0.25, -0.2) is 0 Å². The number of hydrogen-bond acceptors (Lipinski definition) is 0. The Hall–Kier alpha value is -1.86. The summed E-state index contributed by atoms with van der Waals surface area (Å²) in [5, 5.41) is 0. The van der Waals surface area contributed by atoms with Crippen LogP contribution in [0.3, 0.4) is 0 Å². The Morgan fingerprint density at radius 1 is 0.690 bits per heavy atom. The largest absolute Gasteiger partial charge is 0.0655 e. The fourth-order valence-electron chi connectivity index (χ4n) is 5.59. The van der Waals surface area contributed by atoms with Crippen molar-refractivity contribution < 1.29 is 0 Å². The molecule has 1 heteroatoms. The molecule has 0 nitrogen and oxygen atoms in total. The molecule has 29 heavy (non-hydrogen) atoms. The summed E-state index contributed by atoms with van der Waals surface area (Å²) in [4.78, 5) is 0. The molecule has 0 amide bonds. The smallest absolute Gasteiger partial charge is 0.0218 e. The maximum absolute atomic E-state index is 2.48. The summed E-state index contributed by atoms with van der Waals surface area (Å²) >= 11 is 0. The van der Waals surface area contributed by atoms with Gasteiger partial charge in [-0.2, -0.15) is 0 Å². The topological polar surface area (TPSA) is 0 Å². The average Bonchev–Trinajstić information content (AvgIpc) is 3.17. The van der Waals surface area contributed by atoms with E-state index in [1.807, 2.05) is 0 Å². The van der Waals surface area contributed by atoms with Crippen LogP contribution in [0.2, 0.25) is 12.1 Å². The van der Waals surface area contributed by atoms with Gasteiger partial charge in [0.25, 0.3) is 0 Å². The lowest BCUT2D eigenvalue weighted by atomic mass is 9.92. The molecule has 0 saturated carbocycles. The van der Waals surface area contributed by atoms with Crippen LogP contribution >= 0.6 is 0 Å². The molecule has 2 aliphatic rings. The standard InChI is InChI=1S/C28H36Si/c1-17(2)21-9-7-11-23-25(21)13-19(5)27(23)15-29-16-28-20(6)14-26-22(18(3)4)10-8-12-24(26)28/h7-14,17-18,27-28H,15-16,29H2,1-6H3. The van der Waals surface area contributed by atoms with E-state index in [0.29, 0.717) is 23.7 Å². The molecular weight excluding hydrogens is 364 g/mol. The Bertz CT molecular complexity index is 894. The van der Waals surface area contributed by atoms with Crippen molar-refractivity contribution in [3.8, 4) is 0 Å². The summed E-state index contributed by atoms with van der Waals surface area (Å²) in [6.07, 6.45) is 4.96. The summed E-state index contributed by atoms with van der Waals surface area (Å²) in [7, 11) is -0.135. The molecule has 0 fully saturated rings. The van der Waals surface area contributed by atoms with Crippen LogP contribution < -0.4 is 0 Å². The van der Waals surface area contributed by atoms with E-state index in [9.17, 15) is 0 Å². The van der Waals surface area contributed by atoms with Crippen LogP contribution in [0, 0.1) is 0 Å². The fraction of sp³-hybridized carbons (Fsp3) is 0.429. The third kappa shape index (κ3) is 3.70. The predicted octanol–water partition coefficient (Wildman–Crippen LogP) is 7.64. The maximum Gasteiger partial charge on any atom is 0.0218 e. The quantitative estimate of drug-likeness (QED) is 0.437. The molecule has 0 saturated heterocycles. The lowest BCUT2D eigenvalue weighted by Crippen LogP contribution is -2.07. The predicted molar refractivity (Wildman–Crippen MR) is 132 cm³/mol. The van der Waals surface area contributed by atoms with Crippen molar-refractivity contribution in [1.82, 2.24) is 0 Å². The van der Waals surface area contributed by atoms with Gasteiger partial charge < -0.3 is 0 Å². The summed E-state index contributed by atoms with van der Waals surface area (Å²) in [5.41, 5.74) is 12.5. The number of benzene rings is 2. The van der Waals surface area contributed by atoms with Crippen molar-refractivity contribution >= 4 is 21.7 Å². The molecular formula is C28H36Si. The van der Waals surface area contributed by atoms with Gasteiger partial charge in [0.1, 0.15) is 0 Å². The van der Waals surface area contributed by atoms with E-state index < -0.39 is 0 Å². The molecule has 0 N–H and O–H groups in total. The minimum absolute atomic E-state index is 0.135. The van der Waals surface area contributed by atoms with E-state index >= 15 is 0 Å². The fourth-order valence-corrected chi connectivity index (χ4v) is 8.18. The van der Waals surface area contributed by atoms with Gasteiger partial charge in [0, 0.05) is 21.4 Å². The van der Waals surface area contributed by atoms with Crippen molar-refractivity contribution in [3.63, 3.8) is 0 Å². The van der Waals surface area contributed by atoms with Gasteiger partial charge in [-0.1, -0.05) is 99.5 Å². The second-order valence-corrected chi connectivity index (χ2v) is 11.7. The van der Waals surface area contributed by atoms with Crippen LogP contribution in [0.5, 0.6) is 0 Å². The zero-order valence-corrected chi connectivity index (χ0v) is 20.5. The van der Waals surface area contributed by atoms with Crippen molar-refractivity contribution in [2.45, 2.75) is 77.3 Å². The first kappa shape index (κ1) is 20.4. The summed E-state index contributed by atoms with van der Waals surface area (Å²) in [6.45, 7) is 14.0. The maximum atomic E-state index is 2.48. The summed E-state index contributed by atoms with van der Waals surface area (Å²) in [5.74, 6) is 2.54. The Kier molecular flexibility index (Phi) is 5.71. The van der Waals surface area contributed by atoms with E-state index in [1.165, 1.54) is 34.3 Å². The average molecular weight is 401 g/mol. The zero-order chi connectivity index (χ0) is 20.7. The molecule has 0 heterocycles. The lowest BCUT2D eigenvalue weighted by molar-refractivity contribution is 0.844. The highest BCUT2D eigenvalue weighted by atomic mass is 28.2. The van der Waals surface area contributed by atoms with Gasteiger partial charge >= 0.3 is 0 Å². The molecule has 2 unspecified atom stereocenters. The molecule has 2 aromatic carbocycles. The molecule has 2 aromatic rings. The van der Waals surface area contributed by atoms with Crippen molar-refractivity contribution in [1.29, 1.82) is 0 Å². The first-order valence-electron chi connectivity index (χ1n) is 11.5. The van der Waals surface area contributed by atoms with E-state index in [4.69, 9.17) is 0 Å². The van der Waals surface area contributed by atoms with Crippen LogP contribution in [0.15, 0.2) is 47.5 Å². The van der Waals surface area contributed by atoms with Gasteiger partial charge in [0.15, 0.2) is 0 Å². The van der Waals surface area contributed by atoms with Crippen LogP contribution in [-0.4, -0.2) is 9.52 Å². The molecule has 4 rings (SSSR count). The Labute approximate surface area is 180 Å². The highest BCUT2D eigenvalue weighted by Gasteiger charge is 2.27. The lowest BCUT2D eigenvalue weighted by Gasteiger charge is -2.19. The minimum Gasteiger partial charge on any atom is -0.0655 e. The Morgan fingerprint density at radius 2 is 1.10 bits per heavy atom. The third-order valence-corrected chi connectivity index (χ3v) is 9.14. The van der Waals surface area contributed by atoms with Crippen LogP contribution in [0.1, 0.15) is 98.6 Å². The number of rotatable bonds is 6. The number of hydrogen-bond donors (Lipinski definition) is 0. The van der Waals surface area contributed by atoms with Gasteiger partial charge in [-0.15, -0.1) is 0 Å². The molecule has 152 valence electrons. The van der Waals surface area contributed by atoms with Crippen molar-refractivity contribution in [3.05, 3.63) is 80.9 Å². The monoisotopic (exact) mass is 400 g/mol. The minimum atomic E-state index is -0.135. The SMILES string of the molecule is CC1=Cc2c(C(C)C)cccc2C1C[SiH2]CC1C(C)=Cc2c(C(C)C)cccc21. The molecule has 2 atom stereocenters. The summed E-state index contributed by atoms with van der Waals surface area (Å²) in [6, 6.07) is 16.8. The van der Waals surface area contributed by atoms with Gasteiger partial charge in [-0.3, -0.25) is 0 Å². The highest BCUT2D eigenvalue weighted by Crippen LogP contribution is 2.44. The molecule has 2 aliphatic carbocycles. The highest BCUT2D eigenvalue weighted by molar-refractivity contribution is 6.36. The first-order valence-corrected chi connectivity index (χ1v) is 13.5. The number of fused-ring (bicyclic) bond motifs is 2. The Morgan fingerprint density at radius 3 is 1.48 bits per heavy atom. The van der Waals surface area contributed by atoms with Gasteiger partial charge in [0.2, 0.25) is 0 Å². The van der Waals surface area contributed by atoms with Crippen molar-refractivity contribution in [2.24, 2.45) is 0 Å². The zero-order valence-electron chi connectivity index (χ0n) is 19.0. The van der Waals surface area contributed by atoms with E-state index in [-0.39, 0.29) is 9.52 Å². The molecule has 0 bridgehead atoms. The Balaban J connectivity index is 1.49. The first-order chi connectivity index (χ1) is 13.9. The van der Waals surface area contributed by atoms with Crippen LogP contribution in [0.25, 0.3) is 12.2 Å². The molecule has 0 aromatic heterocycles. The molecule has 0 radical (unpaired) electrons. The van der Waals surface area contributed by atoms with Crippen molar-refractivity contribution in [2.75, 3.05) is 0 Å². The normalized spacial score (nSPS) is 20.6. The molecule has 0 spiro atoms. The molecule has 0 aliphatic heterocycles. The van der Waals surface area contributed by atoms with E-state index in [1.54, 1.807) is 22.3 Å².